The number of halogens is 1. The maximum atomic E-state index is 14.4. The number of hydrogen-bond acceptors (Lipinski definition) is 8. The second-order valence-electron chi connectivity index (χ2n) is 10.6. The summed E-state index contributed by atoms with van der Waals surface area (Å²) in [5, 5.41) is 25.8. The molecule has 0 saturated heterocycles. The Morgan fingerprint density at radius 2 is 2.05 bits per heavy atom. The lowest BCUT2D eigenvalue weighted by molar-refractivity contribution is 0.432. The van der Waals surface area contributed by atoms with Gasteiger partial charge in [-0.1, -0.05) is 13.0 Å². The number of benzene rings is 1. The Labute approximate surface area is 237 Å². The Balaban J connectivity index is 1.78. The Morgan fingerprint density at radius 1 is 1.29 bits per heavy atom. The second-order valence-corrected chi connectivity index (χ2v) is 10.6. The molecule has 3 heterocycles. The van der Waals surface area contributed by atoms with E-state index in [1.807, 2.05) is 19.9 Å². The quantitative estimate of drug-likeness (QED) is 0.312. The first-order valence-corrected chi connectivity index (χ1v) is 13.4. The maximum absolute atomic E-state index is 14.4. The van der Waals surface area contributed by atoms with E-state index in [1.54, 1.807) is 35.5 Å². The lowest BCUT2D eigenvalue weighted by atomic mass is 9.95. The SMILES string of the molecule is CNc1c(C(C)=N)nc(Cn2nc(-c3ccc(O)c(F)c3)c3c2N=CCC(C)=C3N)n(C2=C(C)CC(C)C=C2)c1=O. The highest BCUT2D eigenvalue weighted by atomic mass is 19.1. The van der Waals surface area contributed by atoms with Gasteiger partial charge in [0.25, 0.3) is 5.56 Å². The van der Waals surface area contributed by atoms with Crippen molar-refractivity contribution in [1.82, 2.24) is 19.3 Å². The van der Waals surface area contributed by atoms with Crippen LogP contribution in [0, 0.1) is 17.1 Å². The van der Waals surface area contributed by atoms with Gasteiger partial charge in [0.2, 0.25) is 0 Å². The fourth-order valence-electron chi connectivity index (χ4n) is 5.26. The average Bonchev–Trinajstić information content (AvgIpc) is 3.20. The monoisotopic (exact) mass is 556 g/mol. The first-order valence-electron chi connectivity index (χ1n) is 13.4. The minimum atomic E-state index is -0.785. The van der Waals surface area contributed by atoms with Crippen molar-refractivity contribution in [2.75, 3.05) is 12.4 Å². The molecule has 2 aliphatic rings. The molecule has 5 N–H and O–H groups in total. The van der Waals surface area contributed by atoms with Crippen LogP contribution in [0.15, 0.2) is 51.3 Å². The molecular formula is C30H33FN8O2. The molecule has 0 saturated carbocycles. The molecule has 3 aromatic rings. The van der Waals surface area contributed by atoms with Gasteiger partial charge in [-0.15, -0.1) is 0 Å². The lowest BCUT2D eigenvalue weighted by Gasteiger charge is -2.23. The topological polar surface area (TPSA) is 147 Å². The minimum absolute atomic E-state index is 0.0201. The van der Waals surface area contributed by atoms with Crippen LogP contribution in [0.1, 0.15) is 57.6 Å². The number of allylic oxidation sites excluding steroid dienone is 5. The second kappa shape index (κ2) is 10.6. The summed E-state index contributed by atoms with van der Waals surface area (Å²) in [6.07, 6.45) is 7.04. The molecule has 1 atom stereocenters. The van der Waals surface area contributed by atoms with E-state index in [9.17, 15) is 14.3 Å². The summed E-state index contributed by atoms with van der Waals surface area (Å²) in [6.45, 7) is 7.61. The van der Waals surface area contributed by atoms with Crippen molar-refractivity contribution in [2.24, 2.45) is 16.6 Å². The van der Waals surface area contributed by atoms with Crippen LogP contribution < -0.4 is 16.6 Å². The van der Waals surface area contributed by atoms with Gasteiger partial charge >= 0.3 is 0 Å². The number of aliphatic imine (C=N–C) groups is 1. The highest BCUT2D eigenvalue weighted by Gasteiger charge is 2.27. The van der Waals surface area contributed by atoms with Crippen molar-refractivity contribution < 1.29 is 9.50 Å². The van der Waals surface area contributed by atoms with Gasteiger partial charge in [-0.25, -0.2) is 19.0 Å². The third-order valence-corrected chi connectivity index (χ3v) is 7.42. The molecule has 212 valence electrons. The highest BCUT2D eigenvalue weighted by Crippen LogP contribution is 2.39. The Kier molecular flexibility index (Phi) is 7.20. The molecule has 10 nitrogen and oxygen atoms in total. The summed E-state index contributed by atoms with van der Waals surface area (Å²) in [5.74, 6) is -0.125. The van der Waals surface area contributed by atoms with Gasteiger partial charge in [0.1, 0.15) is 29.4 Å². The van der Waals surface area contributed by atoms with Crippen LogP contribution in [0.5, 0.6) is 5.75 Å². The Bertz CT molecular complexity index is 1770. The molecule has 0 amide bonds. The molecule has 1 unspecified atom stereocenters. The number of nitrogens with one attached hydrogen (secondary N) is 2. The van der Waals surface area contributed by atoms with Crippen LogP contribution in [0.2, 0.25) is 0 Å². The van der Waals surface area contributed by atoms with E-state index < -0.39 is 11.6 Å². The molecule has 0 bridgehead atoms. The van der Waals surface area contributed by atoms with Crippen molar-refractivity contribution in [1.29, 1.82) is 5.41 Å². The van der Waals surface area contributed by atoms with Crippen LogP contribution in [-0.2, 0) is 6.54 Å². The third kappa shape index (κ3) is 4.88. The van der Waals surface area contributed by atoms with E-state index in [0.717, 1.165) is 23.3 Å². The van der Waals surface area contributed by atoms with Crippen molar-refractivity contribution >= 4 is 34.8 Å². The molecule has 0 fully saturated rings. The van der Waals surface area contributed by atoms with E-state index in [0.29, 0.717) is 46.5 Å². The summed E-state index contributed by atoms with van der Waals surface area (Å²) >= 11 is 0. The van der Waals surface area contributed by atoms with Crippen LogP contribution in [0.4, 0.5) is 15.9 Å². The minimum Gasteiger partial charge on any atom is -0.505 e. The van der Waals surface area contributed by atoms with Gasteiger partial charge in [0, 0.05) is 36.6 Å². The van der Waals surface area contributed by atoms with E-state index in [2.05, 4.69) is 23.3 Å². The largest absolute Gasteiger partial charge is 0.505 e. The molecule has 1 aliphatic heterocycles. The van der Waals surface area contributed by atoms with Crippen LogP contribution in [0.25, 0.3) is 22.7 Å². The summed E-state index contributed by atoms with van der Waals surface area (Å²) in [7, 11) is 1.64. The zero-order valence-corrected chi connectivity index (χ0v) is 23.7. The summed E-state index contributed by atoms with van der Waals surface area (Å²) < 4.78 is 17.6. The number of aromatic hydroxyl groups is 1. The van der Waals surface area contributed by atoms with Gasteiger partial charge in [0.05, 0.1) is 11.3 Å². The van der Waals surface area contributed by atoms with Crippen LogP contribution in [-0.4, -0.2) is 43.4 Å². The van der Waals surface area contributed by atoms with E-state index in [-0.39, 0.29) is 29.2 Å². The van der Waals surface area contributed by atoms with Crippen molar-refractivity contribution in [2.45, 2.75) is 47.1 Å². The Morgan fingerprint density at radius 3 is 2.71 bits per heavy atom. The molecule has 0 radical (unpaired) electrons. The predicted octanol–water partition coefficient (Wildman–Crippen LogP) is 5.05. The lowest BCUT2D eigenvalue weighted by Crippen LogP contribution is -2.31. The average molecular weight is 557 g/mol. The zero-order chi connectivity index (χ0) is 29.6. The van der Waals surface area contributed by atoms with Crippen LogP contribution >= 0.6 is 0 Å². The molecule has 2 aromatic heterocycles. The predicted molar refractivity (Wildman–Crippen MR) is 160 cm³/mol. The van der Waals surface area contributed by atoms with Crippen LogP contribution in [0.3, 0.4) is 0 Å². The number of phenolic OH excluding ortho intramolecular Hbond substituents is 1. The van der Waals surface area contributed by atoms with Crippen molar-refractivity contribution in [3.05, 3.63) is 74.8 Å². The fourth-order valence-corrected chi connectivity index (χ4v) is 5.26. The molecule has 1 aliphatic carbocycles. The number of aromatic nitrogens is 4. The van der Waals surface area contributed by atoms with Crippen molar-refractivity contribution in [3.63, 3.8) is 0 Å². The van der Waals surface area contributed by atoms with E-state index >= 15 is 0 Å². The van der Waals surface area contributed by atoms with Gasteiger partial charge in [-0.3, -0.25) is 9.36 Å². The van der Waals surface area contributed by atoms with E-state index in [4.69, 9.17) is 21.2 Å². The molecule has 11 heteroatoms. The fraction of sp³-hybridized carbons (Fsp3) is 0.300. The molecule has 5 rings (SSSR count). The van der Waals surface area contributed by atoms with E-state index in [1.165, 1.54) is 12.1 Å². The zero-order valence-electron chi connectivity index (χ0n) is 23.7. The molecule has 0 spiro atoms. The number of rotatable bonds is 6. The summed E-state index contributed by atoms with van der Waals surface area (Å²) in [6, 6.07) is 4.04. The van der Waals surface area contributed by atoms with Gasteiger partial charge < -0.3 is 21.6 Å². The number of nitrogens with two attached hydrogens (primary N) is 1. The molecule has 1 aromatic carbocycles. The highest BCUT2D eigenvalue weighted by molar-refractivity contribution is 5.99. The summed E-state index contributed by atoms with van der Waals surface area (Å²) in [4.78, 5) is 23.4. The number of nitrogens with zero attached hydrogens (tertiary/aromatic N) is 5. The van der Waals surface area contributed by atoms with Gasteiger partial charge in [0.15, 0.2) is 17.4 Å². The van der Waals surface area contributed by atoms with Gasteiger partial charge in [-0.05, 0) is 68.5 Å². The molecular weight excluding hydrogens is 523 g/mol. The third-order valence-electron chi connectivity index (χ3n) is 7.42. The Hall–Kier alpha value is -4.80. The summed E-state index contributed by atoms with van der Waals surface area (Å²) in [5.41, 5.74) is 11.3. The first kappa shape index (κ1) is 27.8. The van der Waals surface area contributed by atoms with Gasteiger partial charge in [-0.2, -0.15) is 5.10 Å². The number of fused-ring (bicyclic) bond motifs is 1. The number of phenols is 1. The molecule has 41 heavy (non-hydrogen) atoms. The first-order chi connectivity index (χ1) is 19.5. The number of anilines is 1. The smallest absolute Gasteiger partial charge is 0.282 e. The van der Waals surface area contributed by atoms with Crippen molar-refractivity contribution in [3.8, 4) is 17.0 Å². The maximum Gasteiger partial charge on any atom is 0.282 e. The standard InChI is InChI=1S/C30H33FN8O2/c1-15-6-8-21(17(3)12-15)39-23(36-26(18(4)32)28(34-5)30(39)41)14-38-29-24(25(33)16(2)10-11-35-29)27(37-38)19-7-9-22(40)20(31)13-19/h6-9,11,13,15,32,34,40H,10,12,14,33H2,1-5H3. The number of hydrogen-bond donors (Lipinski definition) is 4. The normalized spacial score (nSPS) is 16.7.